The van der Waals surface area contributed by atoms with Gasteiger partial charge in [-0.15, -0.1) is 11.3 Å². The molecule has 3 heterocycles. The lowest BCUT2D eigenvalue weighted by atomic mass is 10.0. The van der Waals surface area contributed by atoms with E-state index in [2.05, 4.69) is 16.3 Å². The van der Waals surface area contributed by atoms with E-state index < -0.39 is 5.60 Å². The highest BCUT2D eigenvalue weighted by molar-refractivity contribution is 7.10. The molecule has 1 saturated heterocycles. The number of amides is 1. The molecule has 0 N–H and O–H groups in total. The van der Waals surface area contributed by atoms with E-state index in [-0.39, 0.29) is 6.09 Å². The highest BCUT2D eigenvalue weighted by Gasteiger charge is 2.34. The van der Waals surface area contributed by atoms with Gasteiger partial charge >= 0.3 is 6.09 Å². The average Bonchev–Trinajstić information content (AvgIpc) is 2.75. The Morgan fingerprint density at radius 3 is 2.90 bits per heavy atom. The van der Waals surface area contributed by atoms with Crippen LogP contribution in [0.2, 0.25) is 0 Å². The summed E-state index contributed by atoms with van der Waals surface area (Å²) < 4.78 is 5.55. The summed E-state index contributed by atoms with van der Waals surface area (Å²) in [5, 5.41) is 2.18. The molecule has 0 spiro atoms. The van der Waals surface area contributed by atoms with E-state index in [1.54, 1.807) is 0 Å². The number of hydrogen-bond acceptors (Lipinski definition) is 4. The van der Waals surface area contributed by atoms with Crippen molar-refractivity contribution >= 4 is 17.4 Å². The number of fused-ring (bicyclic) bond motifs is 3. The van der Waals surface area contributed by atoms with Crippen LogP contribution in [0.15, 0.2) is 11.4 Å². The van der Waals surface area contributed by atoms with Crippen molar-refractivity contribution in [3.05, 3.63) is 21.9 Å². The number of hydrogen-bond donors (Lipinski definition) is 0. The van der Waals surface area contributed by atoms with E-state index in [4.69, 9.17) is 4.74 Å². The van der Waals surface area contributed by atoms with Crippen molar-refractivity contribution < 1.29 is 9.53 Å². The van der Waals surface area contributed by atoms with Crippen LogP contribution in [0.1, 0.15) is 43.7 Å². The van der Waals surface area contributed by atoms with Gasteiger partial charge in [-0.2, -0.15) is 0 Å². The van der Waals surface area contributed by atoms with Crippen LogP contribution in [0.3, 0.4) is 0 Å². The van der Waals surface area contributed by atoms with E-state index in [0.717, 1.165) is 39.0 Å². The zero-order valence-electron chi connectivity index (χ0n) is 13.1. The minimum absolute atomic E-state index is 0.173. The third-order valence-corrected chi connectivity index (χ3v) is 5.17. The van der Waals surface area contributed by atoms with Gasteiger partial charge in [-0.05, 0) is 50.6 Å². The molecule has 1 aromatic heterocycles. The topological polar surface area (TPSA) is 32.8 Å². The van der Waals surface area contributed by atoms with Gasteiger partial charge in [0.1, 0.15) is 5.60 Å². The van der Waals surface area contributed by atoms with E-state index in [9.17, 15) is 4.79 Å². The summed E-state index contributed by atoms with van der Waals surface area (Å²) in [5.74, 6) is 0. The molecule has 2 aliphatic heterocycles. The molecule has 1 aromatic rings. The van der Waals surface area contributed by atoms with Crippen molar-refractivity contribution in [2.45, 2.75) is 45.3 Å². The minimum atomic E-state index is -0.427. The first kappa shape index (κ1) is 14.9. The second-order valence-electron chi connectivity index (χ2n) is 6.89. The summed E-state index contributed by atoms with van der Waals surface area (Å²) in [7, 11) is 0. The highest BCUT2D eigenvalue weighted by atomic mass is 32.1. The van der Waals surface area contributed by atoms with Crippen molar-refractivity contribution in [2.75, 3.05) is 26.2 Å². The summed E-state index contributed by atoms with van der Waals surface area (Å²) in [5.41, 5.74) is 1.04. The highest BCUT2D eigenvalue weighted by Crippen LogP contribution is 2.36. The third-order valence-electron chi connectivity index (χ3n) is 4.11. The Balaban J connectivity index is 1.77. The van der Waals surface area contributed by atoms with Crippen LogP contribution in [-0.2, 0) is 11.2 Å². The molecule has 5 heteroatoms. The zero-order chi connectivity index (χ0) is 15.0. The third kappa shape index (κ3) is 3.24. The number of nitrogens with zero attached hydrogens (tertiary/aromatic N) is 2. The molecule has 0 radical (unpaired) electrons. The molecule has 116 valence electrons. The van der Waals surface area contributed by atoms with Crippen molar-refractivity contribution in [2.24, 2.45) is 0 Å². The maximum absolute atomic E-state index is 12.4. The van der Waals surface area contributed by atoms with Crippen LogP contribution in [0.25, 0.3) is 0 Å². The fourth-order valence-electron chi connectivity index (χ4n) is 3.16. The van der Waals surface area contributed by atoms with Crippen LogP contribution in [0, 0.1) is 0 Å². The number of thiophene rings is 1. The second kappa shape index (κ2) is 5.61. The predicted octanol–water partition coefficient (Wildman–Crippen LogP) is 3.29. The molecule has 1 unspecified atom stereocenters. The van der Waals surface area contributed by atoms with Gasteiger partial charge in [0.25, 0.3) is 0 Å². The number of carbonyl (C=O) groups is 1. The first-order valence-electron chi connectivity index (χ1n) is 7.72. The zero-order valence-corrected chi connectivity index (χ0v) is 13.9. The Labute approximate surface area is 130 Å². The summed E-state index contributed by atoms with van der Waals surface area (Å²) in [6, 6.07) is 2.59. The first-order valence-corrected chi connectivity index (χ1v) is 8.60. The summed E-state index contributed by atoms with van der Waals surface area (Å²) in [6.45, 7) is 9.50. The summed E-state index contributed by atoms with van der Waals surface area (Å²) >= 11 is 1.83. The lowest BCUT2D eigenvalue weighted by Gasteiger charge is -2.35. The number of carbonyl (C=O) groups excluding carboxylic acids is 1. The molecular formula is C16H24N2O2S. The lowest BCUT2D eigenvalue weighted by molar-refractivity contribution is 0.0229. The van der Waals surface area contributed by atoms with E-state index in [1.165, 1.54) is 10.4 Å². The average molecular weight is 308 g/mol. The van der Waals surface area contributed by atoms with Crippen LogP contribution in [0.5, 0.6) is 0 Å². The van der Waals surface area contributed by atoms with E-state index >= 15 is 0 Å². The largest absolute Gasteiger partial charge is 0.444 e. The van der Waals surface area contributed by atoms with Crippen molar-refractivity contribution in [3.63, 3.8) is 0 Å². The Kier molecular flexibility index (Phi) is 3.97. The molecule has 3 rings (SSSR count). The first-order chi connectivity index (χ1) is 9.94. The van der Waals surface area contributed by atoms with Gasteiger partial charge in [-0.25, -0.2) is 4.79 Å². The smallest absolute Gasteiger partial charge is 0.410 e. The van der Waals surface area contributed by atoms with Crippen LogP contribution in [0.4, 0.5) is 4.79 Å². The van der Waals surface area contributed by atoms with Crippen LogP contribution in [-0.4, -0.2) is 47.7 Å². The number of rotatable bonds is 0. The monoisotopic (exact) mass is 308 g/mol. The SMILES string of the molecule is CC(C)(C)OC(=O)N1CCCN2CCc3ccsc3C2C1. The summed E-state index contributed by atoms with van der Waals surface area (Å²) in [6.07, 6.45) is 1.99. The van der Waals surface area contributed by atoms with Gasteiger partial charge in [-0.1, -0.05) is 0 Å². The second-order valence-corrected chi connectivity index (χ2v) is 7.84. The van der Waals surface area contributed by atoms with Crippen molar-refractivity contribution in [3.8, 4) is 0 Å². The van der Waals surface area contributed by atoms with Gasteiger partial charge in [-0.3, -0.25) is 4.90 Å². The molecule has 0 aliphatic carbocycles. The van der Waals surface area contributed by atoms with Gasteiger partial charge in [0, 0.05) is 31.1 Å². The molecular weight excluding hydrogens is 284 g/mol. The lowest BCUT2D eigenvalue weighted by Crippen LogP contribution is -2.42. The molecule has 0 aromatic carbocycles. The molecule has 1 amide bonds. The quantitative estimate of drug-likeness (QED) is 0.737. The van der Waals surface area contributed by atoms with Crippen LogP contribution < -0.4 is 0 Å². The molecule has 2 aliphatic rings. The van der Waals surface area contributed by atoms with Crippen molar-refractivity contribution in [1.82, 2.24) is 9.80 Å². The predicted molar refractivity (Wildman–Crippen MR) is 84.8 cm³/mol. The Morgan fingerprint density at radius 1 is 1.33 bits per heavy atom. The molecule has 1 fully saturated rings. The Hall–Kier alpha value is -1.07. The van der Waals surface area contributed by atoms with Crippen molar-refractivity contribution in [1.29, 1.82) is 0 Å². The van der Waals surface area contributed by atoms with Gasteiger partial charge in [0.05, 0.1) is 6.04 Å². The molecule has 0 bridgehead atoms. The normalized spacial score (nSPS) is 23.2. The minimum Gasteiger partial charge on any atom is -0.444 e. The molecule has 0 saturated carbocycles. The Morgan fingerprint density at radius 2 is 2.14 bits per heavy atom. The van der Waals surface area contributed by atoms with Gasteiger partial charge in [0.15, 0.2) is 0 Å². The fourth-order valence-corrected chi connectivity index (χ4v) is 4.24. The maximum Gasteiger partial charge on any atom is 0.410 e. The standard InChI is InChI=1S/C16H24N2O2S/c1-16(2,3)20-15(19)18-8-4-7-17-9-5-12-6-10-21-14(12)13(17)11-18/h6,10,13H,4-5,7-9,11H2,1-3H3. The van der Waals surface area contributed by atoms with E-state index in [0.29, 0.717) is 6.04 Å². The fraction of sp³-hybridized carbons (Fsp3) is 0.688. The maximum atomic E-state index is 12.4. The number of ether oxygens (including phenoxy) is 1. The summed E-state index contributed by atoms with van der Waals surface area (Å²) in [4.78, 5) is 18.2. The van der Waals surface area contributed by atoms with E-state index in [1.807, 2.05) is 37.0 Å². The van der Waals surface area contributed by atoms with Gasteiger partial charge in [0.2, 0.25) is 0 Å². The molecule has 4 nitrogen and oxygen atoms in total. The Bertz CT molecular complexity index is 521. The molecule has 1 atom stereocenters. The molecule has 21 heavy (non-hydrogen) atoms. The van der Waals surface area contributed by atoms with Gasteiger partial charge < -0.3 is 9.64 Å². The van der Waals surface area contributed by atoms with Crippen LogP contribution >= 0.6 is 11.3 Å².